The summed E-state index contributed by atoms with van der Waals surface area (Å²) in [4.78, 5) is 0. The van der Waals surface area contributed by atoms with Crippen molar-refractivity contribution in [3.63, 3.8) is 0 Å². The van der Waals surface area contributed by atoms with Crippen molar-refractivity contribution in [1.82, 2.24) is 0 Å². The molecule has 0 aliphatic heterocycles. The van der Waals surface area contributed by atoms with E-state index in [9.17, 15) is 17.6 Å². The molecule has 0 aromatic heterocycles. The van der Waals surface area contributed by atoms with Crippen LogP contribution in [0.5, 0.6) is 0 Å². The lowest BCUT2D eigenvalue weighted by atomic mass is 10.1. The third kappa shape index (κ3) is 3.88. The van der Waals surface area contributed by atoms with Crippen LogP contribution in [0, 0.1) is 5.82 Å². The Morgan fingerprint density at radius 3 is 2.38 bits per heavy atom. The summed E-state index contributed by atoms with van der Waals surface area (Å²) in [6.07, 6.45) is -4.48. The van der Waals surface area contributed by atoms with Gasteiger partial charge in [0.1, 0.15) is 5.82 Å². The minimum atomic E-state index is -4.48. The van der Waals surface area contributed by atoms with E-state index in [2.05, 4.69) is 5.32 Å². The van der Waals surface area contributed by atoms with Gasteiger partial charge in [-0.2, -0.15) is 13.2 Å². The topological polar surface area (TPSA) is 12.0 Å². The Hall–Kier alpha value is -1.75. The molecule has 0 saturated carbocycles. The molecule has 0 spiro atoms. The lowest BCUT2D eigenvalue weighted by molar-refractivity contribution is -0.137. The van der Waals surface area contributed by atoms with Crippen LogP contribution in [0.3, 0.4) is 0 Å². The summed E-state index contributed by atoms with van der Waals surface area (Å²) in [5.41, 5.74) is -0.296. The Morgan fingerprint density at radius 2 is 1.76 bits per heavy atom. The molecule has 112 valence electrons. The Morgan fingerprint density at radius 1 is 1.10 bits per heavy atom. The molecule has 0 bridgehead atoms. The van der Waals surface area contributed by atoms with Crippen LogP contribution in [0.15, 0.2) is 42.5 Å². The highest BCUT2D eigenvalue weighted by Gasteiger charge is 2.31. The molecule has 1 N–H and O–H groups in total. The van der Waals surface area contributed by atoms with Crippen LogP contribution >= 0.6 is 11.6 Å². The van der Waals surface area contributed by atoms with Crippen LogP contribution < -0.4 is 5.32 Å². The van der Waals surface area contributed by atoms with Gasteiger partial charge in [-0.1, -0.05) is 29.8 Å². The molecule has 0 aliphatic carbocycles. The maximum Gasteiger partial charge on any atom is 0.416 e. The van der Waals surface area contributed by atoms with E-state index in [4.69, 9.17) is 11.6 Å². The van der Waals surface area contributed by atoms with Crippen LogP contribution in [0.25, 0.3) is 0 Å². The zero-order valence-corrected chi connectivity index (χ0v) is 11.8. The summed E-state index contributed by atoms with van der Waals surface area (Å²) in [6, 6.07) is 8.75. The second kappa shape index (κ2) is 5.93. The second-order valence-corrected chi connectivity index (χ2v) is 5.05. The number of halogens is 5. The quantitative estimate of drug-likeness (QED) is 0.719. The molecule has 0 fully saturated rings. The van der Waals surface area contributed by atoms with Crippen LogP contribution in [-0.2, 0) is 6.18 Å². The summed E-state index contributed by atoms with van der Waals surface area (Å²) in [7, 11) is 0. The maximum absolute atomic E-state index is 13.6. The van der Waals surface area contributed by atoms with Crippen LogP contribution in [0.1, 0.15) is 24.1 Å². The molecule has 0 heterocycles. The first kappa shape index (κ1) is 15.6. The van der Waals surface area contributed by atoms with Crippen LogP contribution in [0.2, 0.25) is 5.02 Å². The fourth-order valence-corrected chi connectivity index (χ4v) is 2.23. The van der Waals surface area contributed by atoms with Crippen molar-refractivity contribution in [3.05, 3.63) is 64.4 Å². The number of nitrogens with one attached hydrogen (secondary N) is 1. The summed E-state index contributed by atoms with van der Waals surface area (Å²) in [6.45, 7) is 1.66. The minimum absolute atomic E-state index is 0.0342. The molecule has 1 unspecified atom stereocenters. The van der Waals surface area contributed by atoms with E-state index in [-0.39, 0.29) is 10.7 Å². The van der Waals surface area contributed by atoms with Crippen molar-refractivity contribution in [2.45, 2.75) is 19.1 Å². The predicted molar refractivity (Wildman–Crippen MR) is 74.9 cm³/mol. The smallest absolute Gasteiger partial charge is 0.378 e. The molecular formula is C15H12ClF4N. The third-order valence-corrected chi connectivity index (χ3v) is 3.20. The maximum atomic E-state index is 13.6. The molecular weight excluding hydrogens is 306 g/mol. The van der Waals surface area contributed by atoms with Gasteiger partial charge in [0, 0.05) is 16.3 Å². The number of alkyl halides is 3. The Kier molecular flexibility index (Phi) is 4.42. The van der Waals surface area contributed by atoms with Crippen LogP contribution in [-0.4, -0.2) is 0 Å². The standard InChI is InChI=1S/C15H12ClF4N/c1-9(13-4-2-3-5-14(13)17)21-12-7-10(15(18,19)20)6-11(16)8-12/h2-9,21H,1H3. The molecule has 2 aromatic rings. The molecule has 2 aromatic carbocycles. The molecule has 6 heteroatoms. The van der Waals surface area contributed by atoms with Gasteiger partial charge in [-0.15, -0.1) is 0 Å². The molecule has 0 aliphatic rings. The van der Waals surface area contributed by atoms with Gasteiger partial charge >= 0.3 is 6.18 Å². The first-order valence-electron chi connectivity index (χ1n) is 6.16. The Bertz CT molecular complexity index is 640. The lowest BCUT2D eigenvalue weighted by Gasteiger charge is -2.18. The van der Waals surface area contributed by atoms with E-state index >= 15 is 0 Å². The zero-order chi connectivity index (χ0) is 15.6. The van der Waals surface area contributed by atoms with Gasteiger partial charge < -0.3 is 5.32 Å². The van der Waals surface area contributed by atoms with E-state index in [0.29, 0.717) is 5.56 Å². The highest BCUT2D eigenvalue weighted by Crippen LogP contribution is 2.34. The average Bonchev–Trinajstić information content (AvgIpc) is 2.37. The van der Waals surface area contributed by atoms with Crippen molar-refractivity contribution >= 4 is 17.3 Å². The van der Waals surface area contributed by atoms with E-state index in [1.54, 1.807) is 25.1 Å². The molecule has 0 saturated heterocycles. The molecule has 0 amide bonds. The third-order valence-electron chi connectivity index (χ3n) is 2.98. The van der Waals surface area contributed by atoms with Gasteiger partial charge in [-0.3, -0.25) is 0 Å². The van der Waals surface area contributed by atoms with E-state index in [1.165, 1.54) is 12.1 Å². The Labute approximate surface area is 124 Å². The molecule has 0 radical (unpaired) electrons. The van der Waals surface area contributed by atoms with Gasteiger partial charge in [-0.05, 0) is 31.2 Å². The lowest BCUT2D eigenvalue weighted by Crippen LogP contribution is -2.10. The molecule has 1 atom stereocenters. The average molecular weight is 318 g/mol. The monoisotopic (exact) mass is 317 g/mol. The van der Waals surface area contributed by atoms with Crippen molar-refractivity contribution < 1.29 is 17.6 Å². The zero-order valence-electron chi connectivity index (χ0n) is 11.0. The van der Waals surface area contributed by atoms with Gasteiger partial charge in [0.2, 0.25) is 0 Å². The van der Waals surface area contributed by atoms with Gasteiger partial charge in [0.15, 0.2) is 0 Å². The van der Waals surface area contributed by atoms with Crippen molar-refractivity contribution in [2.75, 3.05) is 5.32 Å². The number of benzene rings is 2. The largest absolute Gasteiger partial charge is 0.416 e. The number of hydrogen-bond donors (Lipinski definition) is 1. The predicted octanol–water partition coefficient (Wildman–Crippen LogP) is 5.67. The normalized spacial score (nSPS) is 13.0. The van der Waals surface area contributed by atoms with E-state index < -0.39 is 23.6 Å². The van der Waals surface area contributed by atoms with E-state index in [1.807, 2.05) is 0 Å². The van der Waals surface area contributed by atoms with E-state index in [0.717, 1.165) is 12.1 Å². The van der Waals surface area contributed by atoms with Gasteiger partial charge in [-0.25, -0.2) is 4.39 Å². The van der Waals surface area contributed by atoms with Crippen molar-refractivity contribution in [3.8, 4) is 0 Å². The molecule has 21 heavy (non-hydrogen) atoms. The first-order valence-corrected chi connectivity index (χ1v) is 6.54. The summed E-state index contributed by atoms with van der Waals surface area (Å²) < 4.78 is 51.8. The van der Waals surface area contributed by atoms with Crippen molar-refractivity contribution in [2.24, 2.45) is 0 Å². The SMILES string of the molecule is CC(Nc1cc(Cl)cc(C(F)(F)F)c1)c1ccccc1F. The highest BCUT2D eigenvalue weighted by molar-refractivity contribution is 6.30. The molecule has 2 rings (SSSR count). The van der Waals surface area contributed by atoms with Gasteiger partial charge in [0.25, 0.3) is 0 Å². The number of anilines is 1. The number of rotatable bonds is 3. The summed E-state index contributed by atoms with van der Waals surface area (Å²) >= 11 is 5.70. The number of hydrogen-bond acceptors (Lipinski definition) is 1. The fourth-order valence-electron chi connectivity index (χ4n) is 1.99. The van der Waals surface area contributed by atoms with Crippen LogP contribution in [0.4, 0.5) is 23.2 Å². The minimum Gasteiger partial charge on any atom is -0.378 e. The molecule has 1 nitrogen and oxygen atoms in total. The summed E-state index contributed by atoms with van der Waals surface area (Å²) in [5, 5.41) is 2.79. The summed E-state index contributed by atoms with van der Waals surface area (Å²) in [5.74, 6) is -0.421. The fraction of sp³-hybridized carbons (Fsp3) is 0.200. The van der Waals surface area contributed by atoms with Gasteiger partial charge in [0.05, 0.1) is 11.6 Å². The first-order chi connectivity index (χ1) is 9.77. The Balaban J connectivity index is 2.28. The highest BCUT2D eigenvalue weighted by atomic mass is 35.5. The second-order valence-electron chi connectivity index (χ2n) is 4.61. The van der Waals surface area contributed by atoms with Crippen molar-refractivity contribution in [1.29, 1.82) is 0 Å².